The summed E-state index contributed by atoms with van der Waals surface area (Å²) in [6, 6.07) is 70.4. The van der Waals surface area contributed by atoms with Gasteiger partial charge in [-0.1, -0.05) is 121 Å². The van der Waals surface area contributed by atoms with Gasteiger partial charge in [0.15, 0.2) is 0 Å². The minimum atomic E-state index is 0.897. The van der Waals surface area contributed by atoms with Gasteiger partial charge in [0.2, 0.25) is 0 Å². The molecule has 12 aromatic rings. The van der Waals surface area contributed by atoms with Gasteiger partial charge in [0.25, 0.3) is 0 Å². The third-order valence-electron chi connectivity index (χ3n) is 11.5. The highest BCUT2D eigenvalue weighted by molar-refractivity contribution is 6.13. The van der Waals surface area contributed by atoms with Gasteiger partial charge in [-0.3, -0.25) is 0 Å². The van der Waals surface area contributed by atoms with E-state index in [-0.39, 0.29) is 0 Å². The Balaban J connectivity index is 1.03. The van der Waals surface area contributed by atoms with E-state index in [1.807, 2.05) is 12.1 Å². The third-order valence-corrected chi connectivity index (χ3v) is 11.5. The largest absolute Gasteiger partial charge is 0.456 e. The van der Waals surface area contributed by atoms with Crippen molar-refractivity contribution in [3.8, 4) is 33.6 Å². The second-order valence-electron chi connectivity index (χ2n) is 14.5. The molecule has 3 nitrogen and oxygen atoms in total. The van der Waals surface area contributed by atoms with E-state index in [2.05, 4.69) is 191 Å². The van der Waals surface area contributed by atoms with Gasteiger partial charge in [0, 0.05) is 49.8 Å². The lowest BCUT2D eigenvalue weighted by molar-refractivity contribution is 0.668. The first-order valence-corrected chi connectivity index (χ1v) is 18.8. The van der Waals surface area contributed by atoms with Crippen LogP contribution in [0.25, 0.3) is 110 Å². The summed E-state index contributed by atoms with van der Waals surface area (Å²) >= 11 is 0. The van der Waals surface area contributed by atoms with Gasteiger partial charge in [-0.05, 0) is 99.8 Å². The molecule has 12 rings (SSSR count). The highest BCUT2D eigenvalue weighted by atomic mass is 16.3. The van der Waals surface area contributed by atoms with E-state index >= 15 is 0 Å². The maximum atomic E-state index is 6.32. The van der Waals surface area contributed by atoms with Gasteiger partial charge >= 0.3 is 0 Å². The topological polar surface area (TPSA) is 23.0 Å². The Labute approximate surface area is 316 Å². The number of nitrogens with zero attached hydrogens (tertiary/aromatic N) is 2. The minimum Gasteiger partial charge on any atom is -0.456 e. The molecule has 0 bridgehead atoms. The van der Waals surface area contributed by atoms with Crippen molar-refractivity contribution in [1.29, 1.82) is 0 Å². The molecule has 0 aliphatic carbocycles. The number of rotatable bonds is 4. The lowest BCUT2D eigenvalue weighted by Gasteiger charge is -2.14. The Morgan fingerprint density at radius 3 is 1.55 bits per heavy atom. The van der Waals surface area contributed by atoms with E-state index in [9.17, 15) is 0 Å². The molecule has 3 heteroatoms. The summed E-state index contributed by atoms with van der Waals surface area (Å²) in [5.41, 5.74) is 13.6. The molecular formula is C52H32N2O. The average molecular weight is 701 g/mol. The molecule has 3 heterocycles. The van der Waals surface area contributed by atoms with Crippen molar-refractivity contribution >= 4 is 76.3 Å². The van der Waals surface area contributed by atoms with Gasteiger partial charge in [0.1, 0.15) is 11.2 Å². The average Bonchev–Trinajstić information content (AvgIpc) is 3.90. The summed E-state index contributed by atoms with van der Waals surface area (Å²) in [5, 5.41) is 9.70. The monoisotopic (exact) mass is 700 g/mol. The van der Waals surface area contributed by atoms with E-state index in [0.717, 1.165) is 33.3 Å². The summed E-state index contributed by atoms with van der Waals surface area (Å²) < 4.78 is 11.1. The van der Waals surface area contributed by atoms with Crippen LogP contribution in [-0.4, -0.2) is 9.13 Å². The van der Waals surface area contributed by atoms with E-state index < -0.39 is 0 Å². The third kappa shape index (κ3) is 4.50. The van der Waals surface area contributed by atoms with Crippen molar-refractivity contribution in [3.63, 3.8) is 0 Å². The first-order valence-electron chi connectivity index (χ1n) is 18.8. The lowest BCUT2D eigenvalue weighted by atomic mass is 9.97. The number of hydrogen-bond donors (Lipinski definition) is 0. The normalized spacial score (nSPS) is 12.0. The quantitative estimate of drug-likeness (QED) is 0.179. The summed E-state index contributed by atoms with van der Waals surface area (Å²) in [7, 11) is 0. The molecule has 0 aliphatic rings. The van der Waals surface area contributed by atoms with Gasteiger partial charge in [0.05, 0.1) is 22.1 Å². The highest BCUT2D eigenvalue weighted by Gasteiger charge is 2.18. The number of hydrogen-bond acceptors (Lipinski definition) is 1. The van der Waals surface area contributed by atoms with E-state index in [4.69, 9.17) is 4.42 Å². The van der Waals surface area contributed by atoms with E-state index in [1.54, 1.807) is 0 Å². The van der Waals surface area contributed by atoms with Crippen molar-refractivity contribution < 1.29 is 4.42 Å². The summed E-state index contributed by atoms with van der Waals surface area (Å²) in [6.07, 6.45) is 0. The van der Waals surface area contributed by atoms with Gasteiger partial charge in [-0.15, -0.1) is 0 Å². The van der Waals surface area contributed by atoms with Crippen LogP contribution in [0.2, 0.25) is 0 Å². The van der Waals surface area contributed by atoms with Crippen LogP contribution < -0.4 is 0 Å². The number of benzene rings is 9. The Kier molecular flexibility index (Phi) is 6.34. The first kappa shape index (κ1) is 30.1. The number of fused-ring (bicyclic) bond motifs is 10. The van der Waals surface area contributed by atoms with Crippen molar-refractivity contribution in [2.45, 2.75) is 0 Å². The minimum absolute atomic E-state index is 0.897. The molecule has 0 fully saturated rings. The van der Waals surface area contributed by atoms with Crippen LogP contribution in [-0.2, 0) is 0 Å². The van der Waals surface area contributed by atoms with Crippen LogP contribution in [0.15, 0.2) is 199 Å². The molecule has 256 valence electrons. The zero-order valence-corrected chi connectivity index (χ0v) is 29.8. The molecule has 55 heavy (non-hydrogen) atoms. The molecule has 0 amide bonds. The molecule has 0 saturated heterocycles. The Bertz CT molecular complexity index is 3490. The van der Waals surface area contributed by atoms with Crippen molar-refractivity contribution in [3.05, 3.63) is 194 Å². The predicted octanol–water partition coefficient (Wildman–Crippen LogP) is 14.3. The van der Waals surface area contributed by atoms with Gasteiger partial charge < -0.3 is 13.6 Å². The summed E-state index contributed by atoms with van der Waals surface area (Å²) in [5.74, 6) is 0. The maximum Gasteiger partial charge on any atom is 0.137 e. The second-order valence-corrected chi connectivity index (χ2v) is 14.5. The molecule has 0 aliphatic heterocycles. The lowest BCUT2D eigenvalue weighted by Crippen LogP contribution is -1.95. The molecule has 9 aromatic carbocycles. The number of aromatic nitrogens is 2. The predicted molar refractivity (Wildman–Crippen MR) is 231 cm³/mol. The zero-order chi connectivity index (χ0) is 36.0. The van der Waals surface area contributed by atoms with Crippen molar-refractivity contribution in [1.82, 2.24) is 9.13 Å². The van der Waals surface area contributed by atoms with E-state index in [0.29, 0.717) is 0 Å². The van der Waals surface area contributed by atoms with Crippen LogP contribution in [0.4, 0.5) is 0 Å². The highest BCUT2D eigenvalue weighted by Crippen LogP contribution is 2.40. The molecule has 0 radical (unpaired) electrons. The fourth-order valence-corrected chi connectivity index (χ4v) is 9.00. The number of para-hydroxylation sites is 3. The molecule has 0 atom stereocenters. The van der Waals surface area contributed by atoms with Crippen molar-refractivity contribution in [2.24, 2.45) is 0 Å². The zero-order valence-electron chi connectivity index (χ0n) is 29.8. The molecule has 0 spiro atoms. The van der Waals surface area contributed by atoms with Crippen LogP contribution >= 0.6 is 0 Å². The first-order chi connectivity index (χ1) is 27.3. The Morgan fingerprint density at radius 2 is 0.836 bits per heavy atom. The van der Waals surface area contributed by atoms with Crippen LogP contribution in [0.5, 0.6) is 0 Å². The SMILES string of the molecule is c1ccc(-c2cc(-n3c4ccccc4c4cc(-c5ccc6c(c5)c5ccccc5n6-c5ccc6c(c5)oc5ccccc56)ccc43)cc3ccccc23)cc1. The maximum absolute atomic E-state index is 6.32. The summed E-state index contributed by atoms with van der Waals surface area (Å²) in [4.78, 5) is 0. The number of furan rings is 1. The molecule has 0 N–H and O–H groups in total. The summed E-state index contributed by atoms with van der Waals surface area (Å²) in [6.45, 7) is 0. The van der Waals surface area contributed by atoms with Crippen LogP contribution in [0, 0.1) is 0 Å². The standard InChI is InChI=1S/C52H32N2O/c1-2-12-33(13-3-1)44-31-38(28-36-14-4-5-15-39(36)44)54-48-20-10-7-17-41(48)46-30-35(23-27-50(46)54)34-22-26-49-45(29-34)40-16-6-9-19-47(40)53(49)37-24-25-43-42-18-8-11-21-51(42)55-52(43)32-37/h1-32H. The molecule has 0 unspecified atom stereocenters. The Morgan fingerprint density at radius 1 is 0.291 bits per heavy atom. The smallest absolute Gasteiger partial charge is 0.137 e. The Hall–Kier alpha value is -7.36. The van der Waals surface area contributed by atoms with E-state index in [1.165, 1.54) is 76.6 Å². The van der Waals surface area contributed by atoms with Crippen molar-refractivity contribution in [2.75, 3.05) is 0 Å². The van der Waals surface area contributed by atoms with Crippen LogP contribution in [0.3, 0.4) is 0 Å². The fraction of sp³-hybridized carbons (Fsp3) is 0. The molecule has 0 saturated carbocycles. The molecule has 3 aromatic heterocycles. The van der Waals surface area contributed by atoms with Gasteiger partial charge in [-0.25, -0.2) is 0 Å². The second kappa shape index (κ2) is 11.6. The molecular weight excluding hydrogens is 669 g/mol. The van der Waals surface area contributed by atoms with Gasteiger partial charge in [-0.2, -0.15) is 0 Å². The van der Waals surface area contributed by atoms with Crippen LogP contribution in [0.1, 0.15) is 0 Å². The fourth-order valence-electron chi connectivity index (χ4n) is 9.00.